The molecule has 1 amide bonds. The molecule has 1 aliphatic heterocycles. The third-order valence-corrected chi connectivity index (χ3v) is 3.14. The van der Waals surface area contributed by atoms with E-state index >= 15 is 0 Å². The molecule has 0 radical (unpaired) electrons. The van der Waals surface area contributed by atoms with Crippen molar-refractivity contribution in [2.24, 2.45) is 0 Å². The lowest BCUT2D eigenvalue weighted by atomic mass is 10.2. The topological polar surface area (TPSA) is 58.1 Å². The number of hydrogen-bond donors (Lipinski definition) is 1. The van der Waals surface area contributed by atoms with E-state index in [0.29, 0.717) is 16.5 Å². The van der Waals surface area contributed by atoms with Gasteiger partial charge in [0.25, 0.3) is 0 Å². The lowest BCUT2D eigenvalue weighted by molar-refractivity contribution is -0.115. The number of anilines is 3. The summed E-state index contributed by atoms with van der Waals surface area (Å²) < 4.78 is 0. The van der Waals surface area contributed by atoms with Gasteiger partial charge < -0.3 is 10.2 Å². The fourth-order valence-electron chi connectivity index (χ4n) is 1.89. The molecule has 1 N–H and O–H groups in total. The van der Waals surface area contributed by atoms with Crippen molar-refractivity contribution in [1.82, 2.24) is 9.97 Å². The van der Waals surface area contributed by atoms with Gasteiger partial charge in [-0.25, -0.2) is 4.98 Å². The van der Waals surface area contributed by atoms with Crippen LogP contribution >= 0.6 is 23.2 Å². The minimum Gasteiger partial charge on any atom is -0.320 e. The maximum atomic E-state index is 11.7. The Morgan fingerprint density at radius 1 is 1.21 bits per heavy atom. The summed E-state index contributed by atoms with van der Waals surface area (Å²) in [5.74, 6) is 0.440. The quantitative estimate of drug-likeness (QED) is 0.822. The minimum atomic E-state index is -0.131. The number of rotatable bonds is 1. The molecule has 0 fully saturated rings. The van der Waals surface area contributed by atoms with Crippen LogP contribution < -0.4 is 10.2 Å². The molecule has 0 aliphatic carbocycles. The van der Waals surface area contributed by atoms with Gasteiger partial charge >= 0.3 is 0 Å². The highest BCUT2D eigenvalue weighted by Gasteiger charge is 2.25. The van der Waals surface area contributed by atoms with Crippen molar-refractivity contribution >= 4 is 46.3 Å². The average molecular weight is 295 g/mol. The van der Waals surface area contributed by atoms with Crippen molar-refractivity contribution in [3.63, 3.8) is 0 Å². The van der Waals surface area contributed by atoms with Crippen LogP contribution in [0.4, 0.5) is 17.2 Å². The van der Waals surface area contributed by atoms with Gasteiger partial charge in [0.05, 0.1) is 6.20 Å². The van der Waals surface area contributed by atoms with E-state index in [4.69, 9.17) is 23.2 Å². The summed E-state index contributed by atoms with van der Waals surface area (Å²) in [5.41, 5.74) is 1.35. The Hall–Kier alpha value is -1.85. The zero-order valence-corrected chi connectivity index (χ0v) is 11.1. The van der Waals surface area contributed by atoms with E-state index in [2.05, 4.69) is 15.3 Å². The highest BCUT2D eigenvalue weighted by atomic mass is 35.5. The average Bonchev–Trinajstić information content (AvgIpc) is 2.39. The molecule has 0 atom stereocenters. The molecule has 0 saturated carbocycles. The smallest absolute Gasteiger partial charge is 0.244 e. The third kappa shape index (κ3) is 2.34. The predicted molar refractivity (Wildman–Crippen MR) is 74.1 cm³/mol. The van der Waals surface area contributed by atoms with Gasteiger partial charge in [-0.3, -0.25) is 4.79 Å². The normalized spacial score (nSPS) is 14.0. The Bertz CT molecular complexity index is 645. The lowest BCUT2D eigenvalue weighted by Crippen LogP contribution is -2.35. The number of nitrogens with one attached hydrogen (secondary N) is 1. The summed E-state index contributed by atoms with van der Waals surface area (Å²) in [4.78, 5) is 21.5. The van der Waals surface area contributed by atoms with Crippen LogP contribution in [-0.2, 0) is 4.79 Å². The SMILES string of the molecule is O=C1CN(c2ccc(Cl)cc2)c2nc(Cl)ncc2N1. The number of carbonyl (C=O) groups excluding carboxylic acids is 1. The van der Waals surface area contributed by atoms with Crippen LogP contribution in [0, 0.1) is 0 Å². The van der Waals surface area contributed by atoms with Crippen molar-refractivity contribution in [2.75, 3.05) is 16.8 Å². The standard InChI is InChI=1S/C12H8Cl2N4O/c13-7-1-3-8(4-2-7)18-6-10(19)16-9-5-15-12(14)17-11(9)18/h1-5H,6H2,(H,16,19). The summed E-state index contributed by atoms with van der Waals surface area (Å²) >= 11 is 11.7. The fraction of sp³-hybridized carbons (Fsp3) is 0.0833. The highest BCUT2D eigenvalue weighted by Crippen LogP contribution is 2.33. The van der Waals surface area contributed by atoms with Crippen molar-refractivity contribution < 1.29 is 4.79 Å². The van der Waals surface area contributed by atoms with E-state index < -0.39 is 0 Å². The third-order valence-electron chi connectivity index (χ3n) is 2.71. The first kappa shape index (κ1) is 12.2. The van der Waals surface area contributed by atoms with Gasteiger partial charge in [0.1, 0.15) is 12.2 Å². The van der Waals surface area contributed by atoms with Crippen molar-refractivity contribution in [1.29, 1.82) is 0 Å². The molecule has 1 aliphatic rings. The van der Waals surface area contributed by atoms with E-state index in [-0.39, 0.29) is 17.7 Å². The Kier molecular flexibility index (Phi) is 3.00. The molecule has 0 spiro atoms. The van der Waals surface area contributed by atoms with E-state index in [1.807, 2.05) is 12.1 Å². The van der Waals surface area contributed by atoms with Gasteiger partial charge in [-0.2, -0.15) is 4.98 Å². The van der Waals surface area contributed by atoms with Crippen LogP contribution in [0.2, 0.25) is 10.3 Å². The molecule has 1 aromatic carbocycles. The molecule has 0 unspecified atom stereocenters. The molecule has 0 saturated heterocycles. The van der Waals surface area contributed by atoms with Crippen LogP contribution in [0.5, 0.6) is 0 Å². The summed E-state index contributed by atoms with van der Waals surface area (Å²) in [7, 11) is 0. The van der Waals surface area contributed by atoms with Crippen molar-refractivity contribution in [3.05, 3.63) is 40.8 Å². The first-order valence-electron chi connectivity index (χ1n) is 5.49. The summed E-state index contributed by atoms with van der Waals surface area (Å²) in [5, 5.41) is 3.47. The van der Waals surface area contributed by atoms with Crippen LogP contribution in [0.3, 0.4) is 0 Å². The Balaban J connectivity index is 2.09. The van der Waals surface area contributed by atoms with Gasteiger partial charge in [-0.1, -0.05) is 11.6 Å². The molecule has 96 valence electrons. The number of carbonyl (C=O) groups is 1. The number of benzene rings is 1. The number of nitrogens with zero attached hydrogens (tertiary/aromatic N) is 3. The molecule has 2 heterocycles. The maximum absolute atomic E-state index is 11.7. The van der Waals surface area contributed by atoms with Gasteiger partial charge in [0, 0.05) is 10.7 Å². The molecule has 2 aromatic rings. The summed E-state index contributed by atoms with van der Waals surface area (Å²) in [6.07, 6.45) is 1.49. The predicted octanol–water partition coefficient (Wildman–Crippen LogP) is 2.87. The van der Waals surface area contributed by atoms with Crippen molar-refractivity contribution in [2.45, 2.75) is 0 Å². The second kappa shape index (κ2) is 4.68. The van der Waals surface area contributed by atoms with E-state index in [0.717, 1.165) is 5.69 Å². The zero-order chi connectivity index (χ0) is 13.4. The molecule has 3 rings (SSSR count). The Labute approximate surface area is 119 Å². The molecular weight excluding hydrogens is 287 g/mol. The van der Waals surface area contributed by atoms with E-state index in [9.17, 15) is 4.79 Å². The number of fused-ring (bicyclic) bond motifs is 1. The first-order chi connectivity index (χ1) is 9.13. The van der Waals surface area contributed by atoms with Gasteiger partial charge in [-0.15, -0.1) is 0 Å². The van der Waals surface area contributed by atoms with Gasteiger partial charge in [-0.05, 0) is 35.9 Å². The second-order valence-corrected chi connectivity index (χ2v) is 4.76. The molecule has 7 heteroatoms. The monoisotopic (exact) mass is 294 g/mol. The van der Waals surface area contributed by atoms with Gasteiger partial charge in [0.2, 0.25) is 11.2 Å². The summed E-state index contributed by atoms with van der Waals surface area (Å²) in [6.45, 7) is 0.169. The second-order valence-electron chi connectivity index (χ2n) is 3.99. The number of hydrogen-bond acceptors (Lipinski definition) is 4. The maximum Gasteiger partial charge on any atom is 0.244 e. The first-order valence-corrected chi connectivity index (χ1v) is 6.24. The molecule has 19 heavy (non-hydrogen) atoms. The van der Waals surface area contributed by atoms with Crippen molar-refractivity contribution in [3.8, 4) is 0 Å². The van der Waals surface area contributed by atoms with Crippen LogP contribution in [0.15, 0.2) is 30.5 Å². The van der Waals surface area contributed by atoms with Crippen LogP contribution in [0.1, 0.15) is 0 Å². The van der Waals surface area contributed by atoms with Crippen LogP contribution in [0.25, 0.3) is 0 Å². The summed E-state index contributed by atoms with van der Waals surface area (Å²) in [6, 6.07) is 7.15. The van der Waals surface area contributed by atoms with E-state index in [1.54, 1.807) is 17.0 Å². The Morgan fingerprint density at radius 3 is 2.68 bits per heavy atom. The molecule has 0 bridgehead atoms. The zero-order valence-electron chi connectivity index (χ0n) is 9.60. The van der Waals surface area contributed by atoms with Gasteiger partial charge in [0.15, 0.2) is 5.82 Å². The van der Waals surface area contributed by atoms with E-state index in [1.165, 1.54) is 6.20 Å². The number of aromatic nitrogens is 2. The molecular formula is C12H8Cl2N4O. The highest BCUT2D eigenvalue weighted by molar-refractivity contribution is 6.30. The number of amides is 1. The minimum absolute atomic E-state index is 0.131. The number of halogens is 2. The largest absolute Gasteiger partial charge is 0.320 e. The molecule has 1 aromatic heterocycles. The lowest BCUT2D eigenvalue weighted by Gasteiger charge is -2.29. The Morgan fingerprint density at radius 2 is 1.95 bits per heavy atom. The molecule has 5 nitrogen and oxygen atoms in total. The van der Waals surface area contributed by atoms with Crippen LogP contribution in [-0.4, -0.2) is 22.4 Å². The fourth-order valence-corrected chi connectivity index (χ4v) is 2.14.